The van der Waals surface area contributed by atoms with Crippen LogP contribution in [-0.4, -0.2) is 65.7 Å². The van der Waals surface area contributed by atoms with Gasteiger partial charge in [0.1, 0.15) is 18.4 Å². The van der Waals surface area contributed by atoms with Gasteiger partial charge >= 0.3 is 13.5 Å². The zero-order valence-electron chi connectivity index (χ0n) is 29.6. The number of thiocarbonyl (C=S) groups is 1. The third-order valence-corrected chi connectivity index (χ3v) is 10.2. The van der Waals surface area contributed by atoms with Gasteiger partial charge in [0.15, 0.2) is 5.11 Å². The molecule has 1 aromatic heterocycles. The molecule has 0 bridgehead atoms. The second kappa shape index (κ2) is 25.4. The van der Waals surface area contributed by atoms with Crippen molar-refractivity contribution in [2.45, 2.75) is 147 Å². The SMILES string of the molecule is CCCCCCCCCCCCCCCNC(=S)NCCCCCCC[C@H]1C(OP(=O)(O)OC)[C@@H](COC)O[C@H]1n1ccc(=O)[nH]c1=O. The van der Waals surface area contributed by atoms with Crippen LogP contribution < -0.4 is 21.9 Å². The van der Waals surface area contributed by atoms with Crippen LogP contribution in [0.3, 0.4) is 0 Å². The summed E-state index contributed by atoms with van der Waals surface area (Å²) in [6, 6.07) is 1.24. The lowest BCUT2D eigenvalue weighted by atomic mass is 9.93. The summed E-state index contributed by atoms with van der Waals surface area (Å²) in [6.07, 6.45) is 21.8. The summed E-state index contributed by atoms with van der Waals surface area (Å²) in [5.74, 6) is -0.454. The minimum atomic E-state index is -4.35. The van der Waals surface area contributed by atoms with E-state index in [1.54, 1.807) is 0 Å². The van der Waals surface area contributed by atoms with Crippen LogP contribution in [0, 0.1) is 5.92 Å². The fourth-order valence-electron chi connectivity index (χ4n) is 6.29. The number of hydrogen-bond donors (Lipinski definition) is 4. The van der Waals surface area contributed by atoms with Crippen LogP contribution in [0.1, 0.15) is 135 Å². The Bertz CT molecular complexity index is 1170. The first kappa shape index (κ1) is 42.6. The fraction of sp³-hybridized carbons (Fsp3) is 0.853. The van der Waals surface area contributed by atoms with E-state index < -0.39 is 43.4 Å². The summed E-state index contributed by atoms with van der Waals surface area (Å²) in [6.45, 7) is 4.08. The largest absolute Gasteiger partial charge is 0.472 e. The minimum absolute atomic E-state index is 0.0859. The van der Waals surface area contributed by atoms with E-state index in [1.807, 2.05) is 0 Å². The molecule has 2 heterocycles. The van der Waals surface area contributed by atoms with E-state index in [0.717, 1.165) is 58.7 Å². The van der Waals surface area contributed by atoms with Crippen LogP contribution in [0.25, 0.3) is 0 Å². The molecule has 0 spiro atoms. The molecule has 0 aromatic carbocycles. The van der Waals surface area contributed by atoms with Crippen molar-refractivity contribution in [3.05, 3.63) is 33.1 Å². The smallest absolute Gasteiger partial charge is 0.382 e. The summed E-state index contributed by atoms with van der Waals surface area (Å²) in [4.78, 5) is 36.6. The van der Waals surface area contributed by atoms with Crippen molar-refractivity contribution in [2.24, 2.45) is 5.92 Å². The van der Waals surface area contributed by atoms with Crippen molar-refractivity contribution in [2.75, 3.05) is 33.9 Å². The Labute approximate surface area is 293 Å². The number of rotatable bonds is 28. The number of methoxy groups -OCH3 is 1. The molecule has 5 atom stereocenters. The predicted molar refractivity (Wildman–Crippen MR) is 194 cm³/mol. The van der Waals surface area contributed by atoms with Crippen LogP contribution in [0.4, 0.5) is 0 Å². The number of ether oxygens (including phenoxy) is 2. The van der Waals surface area contributed by atoms with Gasteiger partial charge in [-0.15, -0.1) is 0 Å². The van der Waals surface area contributed by atoms with Gasteiger partial charge in [0.2, 0.25) is 0 Å². The first-order valence-corrected chi connectivity index (χ1v) is 20.2. The predicted octanol–water partition coefficient (Wildman–Crippen LogP) is 6.72. The van der Waals surface area contributed by atoms with Crippen molar-refractivity contribution in [3.8, 4) is 0 Å². The first-order chi connectivity index (χ1) is 23.2. The molecular formula is C34H63N4O8PS. The maximum atomic E-state index is 12.6. The van der Waals surface area contributed by atoms with E-state index >= 15 is 0 Å². The van der Waals surface area contributed by atoms with E-state index in [-0.39, 0.29) is 6.61 Å². The van der Waals surface area contributed by atoms with E-state index in [1.165, 1.54) is 101 Å². The molecule has 12 nitrogen and oxygen atoms in total. The van der Waals surface area contributed by atoms with Crippen molar-refractivity contribution >= 4 is 25.2 Å². The Hall–Kier alpha value is -1.60. The quantitative estimate of drug-likeness (QED) is 0.0415. The highest BCUT2D eigenvalue weighted by molar-refractivity contribution is 7.80. The Morgan fingerprint density at radius 3 is 1.92 bits per heavy atom. The third kappa shape index (κ3) is 17.4. The van der Waals surface area contributed by atoms with Gasteiger partial charge in [0, 0.05) is 45.5 Å². The average molecular weight is 719 g/mol. The second-order valence-corrected chi connectivity index (χ2v) is 14.8. The topological polar surface area (TPSA) is 153 Å². The molecule has 2 unspecified atom stereocenters. The van der Waals surface area contributed by atoms with Crippen LogP contribution in [0.2, 0.25) is 0 Å². The summed E-state index contributed by atoms with van der Waals surface area (Å²) in [5.41, 5.74) is -1.15. The van der Waals surface area contributed by atoms with Crippen LogP contribution in [0.15, 0.2) is 21.9 Å². The number of aromatic nitrogens is 2. The van der Waals surface area contributed by atoms with Crippen LogP contribution in [-0.2, 0) is 23.1 Å². The lowest BCUT2D eigenvalue weighted by Crippen LogP contribution is -2.36. The zero-order chi connectivity index (χ0) is 35.0. The first-order valence-electron chi connectivity index (χ1n) is 18.3. The molecule has 2 rings (SSSR count). The molecule has 1 fully saturated rings. The number of aromatic amines is 1. The molecule has 0 amide bonds. The molecule has 48 heavy (non-hydrogen) atoms. The van der Waals surface area contributed by atoms with E-state index in [4.69, 9.17) is 26.2 Å². The molecule has 0 radical (unpaired) electrons. The molecule has 1 aliphatic rings. The standard InChI is InChI=1S/C34H63N4O8PS/c1-4-5-6-7-8-9-10-11-12-13-14-17-20-24-35-33(48)36-25-21-18-15-16-19-22-28-31(46-47(41,42)44-3)29(27-43-2)45-32(28)38-26-23-30(39)37-34(38)40/h23,26,28-29,31-32H,4-22,24-25,27H2,1-3H3,(H,41,42)(H2,35,36,48)(H,37,39,40)/t28-,29+,31?,32+/m0/s1. The number of hydrogen-bond acceptors (Lipinski definition) is 8. The average Bonchev–Trinajstić information content (AvgIpc) is 3.37. The normalized spacial score (nSPS) is 20.5. The van der Waals surface area contributed by atoms with E-state index in [0.29, 0.717) is 11.5 Å². The van der Waals surface area contributed by atoms with Crippen molar-refractivity contribution < 1.29 is 28.0 Å². The lowest BCUT2D eigenvalue weighted by molar-refractivity contribution is -0.0564. The molecule has 0 saturated carbocycles. The van der Waals surface area contributed by atoms with Gasteiger partial charge in [-0.25, -0.2) is 9.36 Å². The Balaban J connectivity index is 1.61. The summed E-state index contributed by atoms with van der Waals surface area (Å²) in [5, 5.41) is 7.34. The molecule has 4 N–H and O–H groups in total. The number of unbranched alkanes of at least 4 members (excludes halogenated alkanes) is 16. The fourth-order valence-corrected chi connectivity index (χ4v) is 7.18. The van der Waals surface area contributed by atoms with E-state index in [9.17, 15) is 19.0 Å². The number of H-pyrrole nitrogens is 1. The number of phosphoric acid groups is 1. The molecule has 0 aliphatic carbocycles. The summed E-state index contributed by atoms with van der Waals surface area (Å²) < 4.78 is 35.2. The van der Waals surface area contributed by atoms with Crippen LogP contribution >= 0.6 is 20.0 Å². The lowest BCUT2D eigenvalue weighted by Gasteiger charge is -2.25. The Kier molecular flexibility index (Phi) is 22.5. The number of nitrogens with one attached hydrogen (secondary N) is 3. The monoisotopic (exact) mass is 718 g/mol. The minimum Gasteiger partial charge on any atom is -0.382 e. The summed E-state index contributed by atoms with van der Waals surface area (Å²) >= 11 is 5.44. The highest BCUT2D eigenvalue weighted by Gasteiger charge is 2.49. The molecule has 1 saturated heterocycles. The van der Waals surface area contributed by atoms with Crippen molar-refractivity contribution in [1.82, 2.24) is 20.2 Å². The second-order valence-electron chi connectivity index (χ2n) is 12.9. The van der Waals surface area contributed by atoms with Gasteiger partial charge in [0.25, 0.3) is 5.56 Å². The molecule has 278 valence electrons. The van der Waals surface area contributed by atoms with Gasteiger partial charge in [-0.2, -0.15) is 0 Å². The maximum Gasteiger partial charge on any atom is 0.472 e. The van der Waals surface area contributed by atoms with E-state index in [2.05, 4.69) is 27.1 Å². The molecule has 1 aromatic rings. The van der Waals surface area contributed by atoms with Gasteiger partial charge < -0.3 is 25.0 Å². The Morgan fingerprint density at radius 2 is 1.42 bits per heavy atom. The van der Waals surface area contributed by atoms with Crippen molar-refractivity contribution in [3.63, 3.8) is 0 Å². The van der Waals surface area contributed by atoms with Crippen LogP contribution in [0.5, 0.6) is 0 Å². The van der Waals surface area contributed by atoms with Crippen molar-refractivity contribution in [1.29, 1.82) is 0 Å². The maximum absolute atomic E-state index is 12.6. The highest BCUT2D eigenvalue weighted by Crippen LogP contribution is 2.50. The number of nitrogens with zero attached hydrogens (tertiary/aromatic N) is 1. The van der Waals surface area contributed by atoms with Gasteiger partial charge in [-0.1, -0.05) is 110 Å². The number of phosphoric ester groups is 1. The summed E-state index contributed by atoms with van der Waals surface area (Å²) in [7, 11) is -1.77. The third-order valence-electron chi connectivity index (χ3n) is 8.98. The van der Waals surface area contributed by atoms with Gasteiger partial charge in [0.05, 0.1) is 6.61 Å². The molecule has 14 heteroatoms. The molecule has 1 aliphatic heterocycles. The highest BCUT2D eigenvalue weighted by atomic mass is 32.1. The zero-order valence-corrected chi connectivity index (χ0v) is 31.3. The molecular weight excluding hydrogens is 655 g/mol. The van der Waals surface area contributed by atoms with Gasteiger partial charge in [-0.05, 0) is 31.5 Å². The van der Waals surface area contributed by atoms with Gasteiger partial charge in [-0.3, -0.25) is 23.4 Å². The Morgan fingerprint density at radius 1 is 0.896 bits per heavy atom.